The Balaban J connectivity index is 0.000000145. The van der Waals surface area contributed by atoms with Gasteiger partial charge in [-0.05, 0) is 177 Å². The first kappa shape index (κ1) is 98.5. The molecule has 138 heavy (non-hydrogen) atoms. The van der Waals surface area contributed by atoms with Crippen molar-refractivity contribution in [1.82, 2.24) is 70.7 Å². The number of oxazole rings is 1. The van der Waals surface area contributed by atoms with Crippen LogP contribution in [-0.2, 0) is 69.5 Å². The number of hydrogen-bond acceptors (Lipinski definition) is 21. The average Bonchev–Trinajstić information content (AvgIpc) is 1.77. The quantitative estimate of drug-likeness (QED) is 0.0234. The Bertz CT molecular complexity index is 6840. The number of pyridine rings is 2. The van der Waals surface area contributed by atoms with Crippen LogP contribution in [0.2, 0.25) is 0 Å². The third-order valence-corrected chi connectivity index (χ3v) is 21.4. The summed E-state index contributed by atoms with van der Waals surface area (Å²) >= 11 is 0. The topological polar surface area (TPSA) is 304 Å². The second-order valence-corrected chi connectivity index (χ2v) is 31.8. The minimum absolute atomic E-state index is 0. The average molecular weight is 1870 g/mol. The number of methoxy groups -OCH3 is 1. The number of aromatic nitrogens is 9. The number of halogens is 5. The van der Waals surface area contributed by atoms with Crippen molar-refractivity contribution in [2.24, 2.45) is 9.98 Å². The SMILES string of the molecule is C.C=C(NCc1ccc(OC(C)(C)c2ccccc2F)cc1)c1cccn2cnnc12.C=C(NCc1ccc(OCc2ccccc2F)cc1)c1cnc(OC)nc1.CC1=NCC(C(=O)NCc2ccc(OCc3ccccc3F)cc2)=N1.O=C(NCc1ccc(OCc2ccccc2F)cc1)c1ccn2cnnc2c1.O=C(NCc1ccc(OCc2ccccc2F)cc1)c1ncc(C2CC2)o1. The van der Waals surface area contributed by atoms with Crippen LogP contribution in [0.5, 0.6) is 34.8 Å². The van der Waals surface area contributed by atoms with Gasteiger partial charge < -0.3 is 59.4 Å². The number of benzene rings is 10. The molecule has 26 nitrogen and oxygen atoms in total. The molecule has 1 aliphatic carbocycles. The second kappa shape index (κ2) is 48.6. The number of amidine groups is 1. The van der Waals surface area contributed by atoms with Crippen molar-refractivity contribution >= 4 is 52.0 Å². The lowest BCUT2D eigenvalue weighted by Crippen LogP contribution is -2.31. The van der Waals surface area contributed by atoms with Crippen LogP contribution in [0, 0.1) is 29.1 Å². The van der Waals surface area contributed by atoms with Gasteiger partial charge in [-0.3, -0.25) is 28.2 Å². The molecular weight excluding hydrogens is 1760 g/mol. The Morgan fingerprint density at radius 2 is 0.870 bits per heavy atom. The van der Waals surface area contributed by atoms with E-state index >= 15 is 0 Å². The third-order valence-electron chi connectivity index (χ3n) is 21.4. The zero-order chi connectivity index (χ0) is 95.8. The van der Waals surface area contributed by atoms with Gasteiger partial charge in [-0.15, -0.1) is 20.4 Å². The lowest BCUT2D eigenvalue weighted by atomic mass is 9.97. The summed E-state index contributed by atoms with van der Waals surface area (Å²) in [7, 11) is 1.52. The van der Waals surface area contributed by atoms with Gasteiger partial charge in [0.05, 0.1) is 19.9 Å². The number of carbonyl (C=O) groups excluding carboxylic acids is 3. The molecule has 0 saturated heterocycles. The first-order valence-electron chi connectivity index (χ1n) is 43.6. The molecule has 6 aromatic heterocycles. The lowest BCUT2D eigenvalue weighted by molar-refractivity contribution is -0.115. The molecule has 0 spiro atoms. The van der Waals surface area contributed by atoms with E-state index in [-0.39, 0.29) is 86.6 Å². The van der Waals surface area contributed by atoms with Gasteiger partial charge in [-0.25, -0.2) is 41.9 Å². The fraction of sp³-hybridized carbons (Fsp3) is 0.178. The summed E-state index contributed by atoms with van der Waals surface area (Å²) in [5.41, 5.74) is 12.2. The van der Waals surface area contributed by atoms with E-state index in [1.807, 2.05) is 128 Å². The largest absolute Gasteiger partial charge is 0.489 e. The fourth-order valence-corrected chi connectivity index (χ4v) is 13.5. The molecule has 0 unspecified atom stereocenters. The van der Waals surface area contributed by atoms with Gasteiger partial charge in [-0.2, -0.15) is 0 Å². The van der Waals surface area contributed by atoms with E-state index in [1.165, 1.54) is 37.4 Å². The number of carbonyl (C=O) groups is 3. The zero-order valence-electron chi connectivity index (χ0n) is 75.3. The molecule has 2 aliphatic rings. The van der Waals surface area contributed by atoms with Crippen molar-refractivity contribution in [3.8, 4) is 34.8 Å². The number of rotatable bonds is 34. The summed E-state index contributed by atoms with van der Waals surface area (Å²) in [6.07, 6.45) is 14.0. The van der Waals surface area contributed by atoms with Crippen molar-refractivity contribution < 1.29 is 69.2 Å². The summed E-state index contributed by atoms with van der Waals surface area (Å²) in [5.74, 6) is 3.10. The summed E-state index contributed by atoms with van der Waals surface area (Å²) in [6.45, 7) is 16.9. The van der Waals surface area contributed by atoms with Crippen LogP contribution in [0.25, 0.3) is 22.7 Å². The highest BCUT2D eigenvalue weighted by molar-refractivity contribution is 6.42. The van der Waals surface area contributed by atoms with E-state index in [9.17, 15) is 36.3 Å². The van der Waals surface area contributed by atoms with Crippen LogP contribution in [0.4, 0.5) is 22.0 Å². The molecule has 16 aromatic rings. The highest BCUT2D eigenvalue weighted by Crippen LogP contribution is 2.40. The van der Waals surface area contributed by atoms with Crippen molar-refractivity contribution in [1.29, 1.82) is 0 Å². The number of hydrogen-bond donors (Lipinski definition) is 5. The third kappa shape index (κ3) is 28.8. The molecule has 31 heteroatoms. The standard InChI is InChI=1S/C24H23FN4O.C21H17FN4O2.C21H20FN3O2.C21H19FN2O3.C19H18FN3O2.CH4/c1-17(20-7-6-14-29-16-27-28-23(20)29)26-15-18-10-12-19(13-11-18)30-24(2,3)21-8-4-5-9-22(21)25;22-19-4-2-1-3-17(19)13-28-18-7-5-15(6-8-18)12-23-21(27)16-9-10-26-14-24-25-20(26)11-16;1-15(18-12-24-21(26-2)25-13-18)23-11-16-7-9-19(10-8-16)27-14-17-5-3-4-6-20(17)22;22-18-4-2-1-3-16(18)13-26-17-9-5-14(6-10-17)11-23-20(25)21-24-12-19(27-21)15-7-8-15;1-13-21-11-18(23-13)19(24)22-10-14-6-8-16(9-7-14)25-12-15-4-2-3-5-17(15)20;/h4-14,16,26H,1,15H2,2-3H3;1-11,14H,12-13H2,(H,23,27);3-10,12-13,23H,1,11,14H2,2H3;1-6,9-10,12,15H,7-8,11,13H2,(H,23,25);2-9H,10-12H2,1H3,(H,22,24);1H4. The van der Waals surface area contributed by atoms with E-state index in [4.69, 9.17) is 32.8 Å². The van der Waals surface area contributed by atoms with E-state index in [0.29, 0.717) is 131 Å². The van der Waals surface area contributed by atoms with Crippen LogP contribution in [0.1, 0.15) is 141 Å². The Hall–Kier alpha value is -17.0. The molecule has 1 fully saturated rings. The van der Waals surface area contributed by atoms with E-state index in [2.05, 4.69) is 85.1 Å². The monoisotopic (exact) mass is 1860 g/mol. The van der Waals surface area contributed by atoms with Crippen LogP contribution in [-0.4, -0.2) is 87.1 Å². The maximum Gasteiger partial charge on any atom is 0.316 e. The highest BCUT2D eigenvalue weighted by Gasteiger charge is 2.29. The van der Waals surface area contributed by atoms with Gasteiger partial charge in [0.1, 0.15) is 120 Å². The van der Waals surface area contributed by atoms with Crippen LogP contribution in [0.3, 0.4) is 0 Å². The summed E-state index contributed by atoms with van der Waals surface area (Å²) in [6, 6.07) is 77.7. The van der Waals surface area contributed by atoms with Gasteiger partial charge in [0.2, 0.25) is 0 Å². The van der Waals surface area contributed by atoms with E-state index in [1.54, 1.807) is 182 Å². The van der Waals surface area contributed by atoms with Crippen LogP contribution >= 0.6 is 0 Å². The molecule has 1 aliphatic heterocycles. The molecule has 704 valence electrons. The van der Waals surface area contributed by atoms with Gasteiger partial charge in [0.25, 0.3) is 17.7 Å². The van der Waals surface area contributed by atoms with Crippen LogP contribution in [0.15, 0.2) is 338 Å². The molecule has 7 heterocycles. The molecule has 0 bridgehead atoms. The predicted octanol–water partition coefficient (Wildman–Crippen LogP) is 20.0. The first-order chi connectivity index (χ1) is 66.6. The molecular formula is C107H101F5N16O10. The minimum Gasteiger partial charge on any atom is -0.489 e. The Morgan fingerprint density at radius 3 is 1.32 bits per heavy atom. The number of ether oxygens (including phenoxy) is 6. The van der Waals surface area contributed by atoms with Crippen molar-refractivity contribution in [2.75, 3.05) is 13.7 Å². The molecule has 3 amide bonds. The van der Waals surface area contributed by atoms with E-state index < -0.39 is 5.60 Å². The number of aliphatic imine (C=N–C) groups is 2. The Labute approximate surface area is 794 Å². The molecule has 0 radical (unpaired) electrons. The normalized spacial score (nSPS) is 11.7. The highest BCUT2D eigenvalue weighted by atomic mass is 19.1. The molecule has 0 atom stereocenters. The number of amides is 3. The molecule has 18 rings (SSSR count). The zero-order valence-corrected chi connectivity index (χ0v) is 75.3. The van der Waals surface area contributed by atoms with E-state index in [0.717, 1.165) is 74.6 Å². The number of nitrogens with zero attached hydrogens (tertiary/aromatic N) is 11. The van der Waals surface area contributed by atoms with Crippen LogP contribution < -0.4 is 55.0 Å². The smallest absolute Gasteiger partial charge is 0.316 e. The van der Waals surface area contributed by atoms with Gasteiger partial charge >= 0.3 is 11.9 Å². The maximum absolute atomic E-state index is 14.1. The van der Waals surface area contributed by atoms with Crippen molar-refractivity contribution in [2.45, 2.75) is 112 Å². The Morgan fingerprint density at radius 1 is 0.449 bits per heavy atom. The fourth-order valence-electron chi connectivity index (χ4n) is 13.5. The minimum atomic E-state index is -0.781. The van der Waals surface area contributed by atoms with Gasteiger partial charge in [0, 0.05) is 119 Å². The lowest BCUT2D eigenvalue weighted by Gasteiger charge is -2.27. The van der Waals surface area contributed by atoms with Gasteiger partial charge in [-0.1, -0.05) is 172 Å². The van der Waals surface area contributed by atoms with Crippen molar-refractivity contribution in [3.05, 3.63) is 437 Å². The summed E-state index contributed by atoms with van der Waals surface area (Å²) < 4.78 is 111. The summed E-state index contributed by atoms with van der Waals surface area (Å²) in [4.78, 5) is 56.7. The maximum atomic E-state index is 14.1. The number of nitrogens with one attached hydrogen (secondary N) is 5. The molecule has 10 aromatic carbocycles. The Kier molecular flexibility index (Phi) is 34.7. The molecule has 5 N–H and O–H groups in total. The number of fused-ring (bicyclic) bond motifs is 2. The second-order valence-electron chi connectivity index (χ2n) is 31.8. The van der Waals surface area contributed by atoms with Gasteiger partial charge in [0.15, 0.2) is 11.3 Å². The predicted molar refractivity (Wildman–Crippen MR) is 516 cm³/mol. The first-order valence-corrected chi connectivity index (χ1v) is 43.6. The van der Waals surface area contributed by atoms with Crippen molar-refractivity contribution in [3.63, 3.8) is 0 Å². The molecule has 1 saturated carbocycles. The summed E-state index contributed by atoms with van der Waals surface area (Å²) in [5, 5.41) is 30.8.